The number of alkyl carbamates (subject to hydrolysis) is 1. The molecule has 2 aromatic rings. The minimum absolute atomic E-state index is 0.0606. The highest BCUT2D eigenvalue weighted by Gasteiger charge is 2.34. The third-order valence-electron chi connectivity index (χ3n) is 6.91. The zero-order chi connectivity index (χ0) is 31.6. The number of benzene rings is 2. The summed E-state index contributed by atoms with van der Waals surface area (Å²) in [6.07, 6.45) is -1.60. The fourth-order valence-electron chi connectivity index (χ4n) is 4.72. The van der Waals surface area contributed by atoms with Crippen molar-refractivity contribution in [3.8, 4) is 11.5 Å². The molecule has 0 spiro atoms. The second kappa shape index (κ2) is 15.6. The Balaban J connectivity index is 1.89. The van der Waals surface area contributed by atoms with Crippen molar-refractivity contribution < 1.29 is 38.4 Å². The minimum atomic E-state index is -1.16. The molecule has 1 aliphatic rings. The van der Waals surface area contributed by atoms with E-state index in [0.29, 0.717) is 36.6 Å². The number of carbonyl (C=O) groups is 3. The molecule has 3 amide bonds. The van der Waals surface area contributed by atoms with Crippen LogP contribution in [0.3, 0.4) is 0 Å². The molecule has 0 saturated heterocycles. The van der Waals surface area contributed by atoms with Gasteiger partial charge in [0.2, 0.25) is 18.6 Å². The molecule has 0 aliphatic carbocycles. The highest BCUT2D eigenvalue weighted by atomic mass is 16.7. The lowest BCUT2D eigenvalue weighted by Gasteiger charge is -2.30. The molecular formula is C32H45N3O8. The Morgan fingerprint density at radius 2 is 1.67 bits per heavy atom. The van der Waals surface area contributed by atoms with Crippen molar-refractivity contribution in [2.45, 2.75) is 77.2 Å². The summed E-state index contributed by atoms with van der Waals surface area (Å²) in [5.74, 6) is -0.859. The molecule has 0 aromatic heterocycles. The van der Waals surface area contributed by atoms with Crippen LogP contribution in [-0.4, -0.2) is 73.9 Å². The fourth-order valence-corrected chi connectivity index (χ4v) is 4.72. The van der Waals surface area contributed by atoms with Crippen LogP contribution in [0.1, 0.15) is 58.1 Å². The summed E-state index contributed by atoms with van der Waals surface area (Å²) in [4.78, 5) is 39.6. The number of hydrogen-bond acceptors (Lipinski definition) is 8. The summed E-state index contributed by atoms with van der Waals surface area (Å²) in [5, 5.41) is 20.1. The number of nitrogens with one attached hydrogen (secondary N) is 3. The van der Waals surface area contributed by atoms with Crippen LogP contribution in [0.2, 0.25) is 0 Å². The summed E-state index contributed by atoms with van der Waals surface area (Å²) in [6.45, 7) is 9.65. The largest absolute Gasteiger partial charge is 0.454 e. The minimum Gasteiger partial charge on any atom is -0.454 e. The van der Waals surface area contributed by atoms with E-state index in [0.717, 1.165) is 5.56 Å². The zero-order valence-electron chi connectivity index (χ0n) is 25.8. The molecule has 0 saturated carbocycles. The van der Waals surface area contributed by atoms with Crippen molar-refractivity contribution in [2.75, 3.05) is 27.1 Å². The molecule has 0 radical (unpaired) electrons. The van der Waals surface area contributed by atoms with Crippen LogP contribution >= 0.6 is 0 Å². The second-order valence-corrected chi connectivity index (χ2v) is 11.9. The van der Waals surface area contributed by atoms with Crippen LogP contribution < -0.4 is 25.4 Å². The first-order valence-corrected chi connectivity index (χ1v) is 14.6. The maximum absolute atomic E-state index is 13.9. The molecule has 1 heterocycles. The molecule has 0 unspecified atom stereocenters. The monoisotopic (exact) mass is 599 g/mol. The van der Waals surface area contributed by atoms with Gasteiger partial charge in [0.1, 0.15) is 11.6 Å². The number of amides is 3. The number of rotatable bonds is 14. The lowest BCUT2D eigenvalue weighted by Crippen LogP contribution is -2.52. The van der Waals surface area contributed by atoms with Gasteiger partial charge in [0, 0.05) is 13.7 Å². The zero-order valence-corrected chi connectivity index (χ0v) is 25.8. The molecular weight excluding hydrogens is 554 g/mol. The van der Waals surface area contributed by atoms with Crippen molar-refractivity contribution >= 4 is 17.9 Å². The number of fused-ring (bicyclic) bond motifs is 1. The van der Waals surface area contributed by atoms with Crippen molar-refractivity contribution in [2.24, 2.45) is 5.92 Å². The SMILES string of the molecule is COCCNC(=O)[C@@H](NC(=O)[C@H](C[C@H](O)[C@H](Cc1ccccc1)NC(=O)OC(C)(C)C)c1ccc2c(c1)OCO2)C(C)C. The van der Waals surface area contributed by atoms with Gasteiger partial charge in [-0.1, -0.05) is 50.2 Å². The summed E-state index contributed by atoms with van der Waals surface area (Å²) < 4.78 is 21.5. The first-order chi connectivity index (χ1) is 20.4. The number of ether oxygens (including phenoxy) is 4. The molecule has 11 nitrogen and oxygen atoms in total. The van der Waals surface area contributed by atoms with E-state index in [1.165, 1.54) is 7.11 Å². The van der Waals surface area contributed by atoms with Gasteiger partial charge < -0.3 is 40.0 Å². The summed E-state index contributed by atoms with van der Waals surface area (Å²) in [7, 11) is 1.54. The average Bonchev–Trinajstić information content (AvgIpc) is 3.41. The van der Waals surface area contributed by atoms with Crippen LogP contribution in [0.5, 0.6) is 11.5 Å². The standard InChI is InChI=1S/C32H45N3O8/c1-20(2)28(30(38)33-14-15-40-6)35-29(37)23(22-12-13-26-27(17-22)42-19-41-26)18-25(36)24(16-21-10-8-7-9-11-21)34-31(39)43-32(3,4)5/h7-13,17,20,23-25,28,36H,14-16,18-19H2,1-6H3,(H,33,38)(H,34,39)(H,35,37)/t23-,24+,25+,28+/m1/s1. The van der Waals surface area contributed by atoms with Gasteiger partial charge in [0.05, 0.1) is 24.7 Å². The van der Waals surface area contributed by atoms with E-state index in [2.05, 4.69) is 16.0 Å². The van der Waals surface area contributed by atoms with Gasteiger partial charge in [-0.05, 0) is 62.8 Å². The van der Waals surface area contributed by atoms with Crippen molar-refractivity contribution in [1.29, 1.82) is 0 Å². The lowest BCUT2D eigenvalue weighted by molar-refractivity contribution is -0.131. The maximum Gasteiger partial charge on any atom is 0.407 e. The molecule has 4 N–H and O–H groups in total. The van der Waals surface area contributed by atoms with E-state index >= 15 is 0 Å². The van der Waals surface area contributed by atoms with Crippen LogP contribution in [0, 0.1) is 5.92 Å². The Labute approximate surface area is 253 Å². The third-order valence-corrected chi connectivity index (χ3v) is 6.91. The van der Waals surface area contributed by atoms with Crippen LogP contribution in [0.15, 0.2) is 48.5 Å². The molecule has 0 fully saturated rings. The van der Waals surface area contributed by atoms with Crippen molar-refractivity contribution in [1.82, 2.24) is 16.0 Å². The summed E-state index contributed by atoms with van der Waals surface area (Å²) >= 11 is 0. The Bertz CT molecular complexity index is 1210. The predicted octanol–water partition coefficient (Wildman–Crippen LogP) is 3.29. The van der Waals surface area contributed by atoms with E-state index in [9.17, 15) is 19.5 Å². The molecule has 0 bridgehead atoms. The van der Waals surface area contributed by atoms with Gasteiger partial charge in [0.15, 0.2) is 11.5 Å². The Hall–Kier alpha value is -3.83. The van der Waals surface area contributed by atoms with E-state index < -0.39 is 41.7 Å². The van der Waals surface area contributed by atoms with Gasteiger partial charge >= 0.3 is 6.09 Å². The number of carbonyl (C=O) groups excluding carboxylic acids is 3. The quantitative estimate of drug-likeness (QED) is 0.242. The second-order valence-electron chi connectivity index (χ2n) is 11.9. The first-order valence-electron chi connectivity index (χ1n) is 14.6. The maximum atomic E-state index is 13.9. The van der Waals surface area contributed by atoms with Gasteiger partial charge in [-0.3, -0.25) is 9.59 Å². The molecule has 2 aromatic carbocycles. The Morgan fingerprint density at radius 3 is 2.33 bits per heavy atom. The molecule has 3 rings (SSSR count). The molecule has 43 heavy (non-hydrogen) atoms. The normalized spacial score (nSPS) is 15.3. The summed E-state index contributed by atoms with van der Waals surface area (Å²) in [6, 6.07) is 13.0. The molecule has 4 atom stereocenters. The third kappa shape index (κ3) is 10.4. The molecule has 11 heteroatoms. The van der Waals surface area contributed by atoms with Crippen LogP contribution in [0.25, 0.3) is 0 Å². The smallest absolute Gasteiger partial charge is 0.407 e. The van der Waals surface area contributed by atoms with Gasteiger partial charge in [-0.25, -0.2) is 4.79 Å². The van der Waals surface area contributed by atoms with E-state index in [1.54, 1.807) is 39.0 Å². The predicted molar refractivity (Wildman–Crippen MR) is 161 cm³/mol. The van der Waals surface area contributed by atoms with Gasteiger partial charge in [-0.15, -0.1) is 0 Å². The van der Waals surface area contributed by atoms with Crippen molar-refractivity contribution in [3.05, 3.63) is 59.7 Å². The number of methoxy groups -OCH3 is 1. The highest BCUT2D eigenvalue weighted by Crippen LogP contribution is 2.36. The van der Waals surface area contributed by atoms with Gasteiger partial charge in [-0.2, -0.15) is 0 Å². The van der Waals surface area contributed by atoms with Crippen LogP contribution in [-0.2, 0) is 25.5 Å². The van der Waals surface area contributed by atoms with E-state index in [1.807, 2.05) is 44.2 Å². The number of aliphatic hydroxyl groups excluding tert-OH is 1. The van der Waals surface area contributed by atoms with Gasteiger partial charge in [0.25, 0.3) is 0 Å². The highest BCUT2D eigenvalue weighted by molar-refractivity contribution is 5.91. The van der Waals surface area contributed by atoms with Crippen molar-refractivity contribution in [3.63, 3.8) is 0 Å². The fraction of sp³-hybridized carbons (Fsp3) is 0.531. The summed E-state index contributed by atoms with van der Waals surface area (Å²) in [5.41, 5.74) is 0.717. The Kier molecular flexibility index (Phi) is 12.2. The lowest BCUT2D eigenvalue weighted by atomic mass is 9.87. The van der Waals surface area contributed by atoms with E-state index in [-0.39, 0.29) is 25.0 Å². The average molecular weight is 600 g/mol. The van der Waals surface area contributed by atoms with Crippen LogP contribution in [0.4, 0.5) is 4.79 Å². The number of hydrogen-bond donors (Lipinski definition) is 4. The topological polar surface area (TPSA) is 144 Å². The Morgan fingerprint density at radius 1 is 0.977 bits per heavy atom. The molecule has 236 valence electrons. The number of aliphatic hydroxyl groups is 1. The van der Waals surface area contributed by atoms with E-state index in [4.69, 9.17) is 18.9 Å². The molecule has 1 aliphatic heterocycles. The first kappa shape index (κ1) is 33.7.